The number of piperazine rings is 1. The second-order valence-corrected chi connectivity index (χ2v) is 10.5. The maximum Gasteiger partial charge on any atom is 0.236 e. The van der Waals surface area contributed by atoms with Gasteiger partial charge in [0.2, 0.25) is 25.4 Å². The molecule has 2 aromatic heterocycles. The third kappa shape index (κ3) is 5.65. The highest BCUT2D eigenvalue weighted by atomic mass is 16.7. The molecule has 224 valence electrons. The molecule has 13 nitrogen and oxygen atoms in total. The monoisotopic (exact) mass is 595 g/mol. The van der Waals surface area contributed by atoms with E-state index < -0.39 is 6.04 Å². The van der Waals surface area contributed by atoms with Crippen LogP contribution in [0.15, 0.2) is 73.1 Å². The summed E-state index contributed by atoms with van der Waals surface area (Å²) in [5.74, 6) is 5.73. The summed E-state index contributed by atoms with van der Waals surface area (Å²) >= 11 is 0. The van der Waals surface area contributed by atoms with Crippen LogP contribution < -0.4 is 29.2 Å². The predicted molar refractivity (Wildman–Crippen MR) is 156 cm³/mol. The fourth-order valence-corrected chi connectivity index (χ4v) is 5.59. The molecule has 0 aliphatic carbocycles. The van der Waals surface area contributed by atoms with Crippen LogP contribution in [0.2, 0.25) is 0 Å². The van der Waals surface area contributed by atoms with Crippen molar-refractivity contribution in [2.45, 2.75) is 25.4 Å². The van der Waals surface area contributed by atoms with Gasteiger partial charge in [-0.05, 0) is 47.9 Å². The lowest BCUT2D eigenvalue weighted by Crippen LogP contribution is -2.53. The van der Waals surface area contributed by atoms with Crippen LogP contribution in [-0.4, -0.2) is 75.5 Å². The number of carbonyl (C=O) groups excluding carboxylic acids is 2. The zero-order chi connectivity index (χ0) is 29.9. The number of hydrogen-bond donors (Lipinski definition) is 1. The van der Waals surface area contributed by atoms with Crippen molar-refractivity contribution in [1.29, 1.82) is 0 Å². The summed E-state index contributed by atoms with van der Waals surface area (Å²) in [6, 6.07) is 12.7. The van der Waals surface area contributed by atoms with Gasteiger partial charge in [0.15, 0.2) is 23.0 Å². The van der Waals surface area contributed by atoms with Gasteiger partial charge in [-0.25, -0.2) is 14.8 Å². The largest absolute Gasteiger partial charge is 0.454 e. The van der Waals surface area contributed by atoms with E-state index in [4.69, 9.17) is 18.9 Å². The Morgan fingerprint density at radius 1 is 0.932 bits per heavy atom. The Hall–Kier alpha value is -5.39. The van der Waals surface area contributed by atoms with E-state index in [1.807, 2.05) is 41.3 Å². The fraction of sp³-hybridized carbons (Fsp3) is 0.290. The van der Waals surface area contributed by atoms with Gasteiger partial charge in [-0.2, -0.15) is 4.98 Å². The number of amides is 1. The number of ether oxygens (including phenoxy) is 4. The average Bonchev–Trinajstić information content (AvgIpc) is 3.84. The van der Waals surface area contributed by atoms with Crippen LogP contribution in [0.5, 0.6) is 23.0 Å². The molecule has 1 unspecified atom stereocenters. The van der Waals surface area contributed by atoms with Crippen molar-refractivity contribution in [1.82, 2.24) is 29.7 Å². The summed E-state index contributed by atoms with van der Waals surface area (Å²) in [4.78, 5) is 43.0. The number of anilines is 1. The van der Waals surface area contributed by atoms with E-state index in [2.05, 4.69) is 31.1 Å². The summed E-state index contributed by atoms with van der Waals surface area (Å²) in [6.07, 6.45) is 7.31. The molecule has 0 saturated carbocycles. The molecule has 1 fully saturated rings. The maximum atomic E-state index is 13.3. The highest BCUT2D eigenvalue weighted by Crippen LogP contribution is 2.35. The first kappa shape index (κ1) is 27.4. The van der Waals surface area contributed by atoms with E-state index in [-0.39, 0.29) is 25.9 Å². The van der Waals surface area contributed by atoms with Crippen molar-refractivity contribution in [2.75, 3.05) is 38.1 Å². The van der Waals surface area contributed by atoms with E-state index >= 15 is 0 Å². The number of aromatic nitrogens is 4. The first-order valence-corrected chi connectivity index (χ1v) is 14.3. The minimum Gasteiger partial charge on any atom is -0.454 e. The van der Waals surface area contributed by atoms with Crippen LogP contribution in [0, 0.1) is 0 Å². The second-order valence-electron chi connectivity index (χ2n) is 10.5. The quantitative estimate of drug-likeness (QED) is 0.286. The number of rotatable bonds is 9. The molecule has 3 aliphatic rings. The Bertz CT molecular complexity index is 1720. The van der Waals surface area contributed by atoms with Gasteiger partial charge in [-0.15, -0.1) is 0 Å². The lowest BCUT2D eigenvalue weighted by Gasteiger charge is -2.42. The van der Waals surface area contributed by atoms with Crippen LogP contribution in [0.4, 0.5) is 5.82 Å². The molecule has 1 N–H and O–H groups in total. The Morgan fingerprint density at radius 3 is 2.43 bits per heavy atom. The molecule has 0 spiro atoms. The van der Waals surface area contributed by atoms with Crippen LogP contribution in [0.3, 0.4) is 0 Å². The molecule has 1 saturated heterocycles. The van der Waals surface area contributed by atoms with Crippen LogP contribution >= 0.6 is 0 Å². The number of fused-ring (bicyclic) bond motifs is 2. The number of carbonyl (C=O) groups is 1. The van der Waals surface area contributed by atoms with Gasteiger partial charge in [0.1, 0.15) is 23.8 Å². The minimum atomic E-state index is -0.552. The standard InChI is InChI=1S/C31H29N7O6/c39-17-24-23(15-30(40)33-7-5-21-1-3-25-27(13-21)43-19-41-25)36(16-22-2-4-26-28(14-22)44-20-42-26)11-12-38(24)29-6-8-34-31(35-29)37-10-9-32-18-37/h1-4,6,8-10,13-14,18,23H,5,7,11-12,15-16,19-20H2,(H,33,40). The molecule has 0 radical (unpaired) electrons. The lowest BCUT2D eigenvalue weighted by atomic mass is 10.0. The molecular weight excluding hydrogens is 566 g/mol. The van der Waals surface area contributed by atoms with Crippen molar-refractivity contribution in [2.24, 2.45) is 0 Å². The molecule has 7 rings (SSSR count). The Kier molecular flexibility index (Phi) is 7.53. The summed E-state index contributed by atoms with van der Waals surface area (Å²) in [7, 11) is 0. The summed E-state index contributed by atoms with van der Waals surface area (Å²) in [5.41, 5.74) is 2.33. The van der Waals surface area contributed by atoms with E-state index in [0.29, 0.717) is 67.3 Å². The van der Waals surface area contributed by atoms with E-state index in [9.17, 15) is 9.59 Å². The van der Waals surface area contributed by atoms with Gasteiger partial charge in [0.05, 0.1) is 6.04 Å². The highest BCUT2D eigenvalue weighted by molar-refractivity contribution is 5.79. The summed E-state index contributed by atoms with van der Waals surface area (Å²) in [6.45, 7) is 2.36. The smallest absolute Gasteiger partial charge is 0.236 e. The Labute approximate surface area is 252 Å². The molecule has 44 heavy (non-hydrogen) atoms. The predicted octanol–water partition coefficient (Wildman–Crippen LogP) is 2.27. The van der Waals surface area contributed by atoms with Gasteiger partial charge in [-0.3, -0.25) is 14.3 Å². The Balaban J connectivity index is 1.09. The lowest BCUT2D eigenvalue weighted by molar-refractivity contribution is -0.122. The minimum absolute atomic E-state index is 0.0617. The third-order valence-electron chi connectivity index (χ3n) is 7.78. The van der Waals surface area contributed by atoms with Crippen LogP contribution in [0.1, 0.15) is 17.5 Å². The first-order chi connectivity index (χ1) is 21.6. The van der Waals surface area contributed by atoms with Crippen molar-refractivity contribution in [3.05, 3.63) is 84.2 Å². The maximum absolute atomic E-state index is 13.3. The first-order valence-electron chi connectivity index (χ1n) is 14.3. The molecule has 4 aromatic rings. The summed E-state index contributed by atoms with van der Waals surface area (Å²) < 4.78 is 23.6. The molecule has 0 bridgehead atoms. The fourth-order valence-electron chi connectivity index (χ4n) is 5.59. The van der Waals surface area contributed by atoms with Gasteiger partial charge in [-0.1, -0.05) is 12.1 Å². The number of nitrogens with zero attached hydrogens (tertiary/aromatic N) is 6. The number of imidazole rings is 1. The van der Waals surface area contributed by atoms with Gasteiger partial charge < -0.3 is 29.2 Å². The van der Waals surface area contributed by atoms with Crippen LogP contribution in [-0.2, 0) is 22.6 Å². The highest BCUT2D eigenvalue weighted by Gasteiger charge is 2.36. The SMILES string of the molecule is O=C=C1C(CC(=O)NCCc2ccc3c(c2)OCO3)N(Cc2ccc3c(c2)OCO3)CCN1c1ccnc(-n2ccnc2)n1. The number of benzene rings is 2. The van der Waals surface area contributed by atoms with Crippen LogP contribution in [0.25, 0.3) is 5.95 Å². The normalized spacial score (nSPS) is 17.0. The van der Waals surface area contributed by atoms with Crippen molar-refractivity contribution in [3.63, 3.8) is 0 Å². The topological polar surface area (TPSA) is 133 Å². The van der Waals surface area contributed by atoms with Gasteiger partial charge >= 0.3 is 0 Å². The van der Waals surface area contributed by atoms with Gasteiger partial charge in [0.25, 0.3) is 0 Å². The van der Waals surface area contributed by atoms with Crippen molar-refractivity contribution < 1.29 is 28.5 Å². The zero-order valence-electron chi connectivity index (χ0n) is 23.7. The third-order valence-corrected chi connectivity index (χ3v) is 7.78. The van der Waals surface area contributed by atoms with Crippen molar-refractivity contribution >= 4 is 17.7 Å². The summed E-state index contributed by atoms with van der Waals surface area (Å²) in [5, 5.41) is 3.02. The van der Waals surface area contributed by atoms with Crippen molar-refractivity contribution in [3.8, 4) is 28.9 Å². The zero-order valence-corrected chi connectivity index (χ0v) is 23.7. The number of hydrogen-bond acceptors (Lipinski definition) is 11. The molecule has 1 amide bonds. The Morgan fingerprint density at radius 2 is 1.68 bits per heavy atom. The molecule has 3 aliphatic heterocycles. The second kappa shape index (κ2) is 12.1. The molecule has 5 heterocycles. The average molecular weight is 596 g/mol. The molecule has 2 aromatic carbocycles. The van der Waals surface area contributed by atoms with E-state index in [1.165, 1.54) is 0 Å². The van der Waals surface area contributed by atoms with E-state index in [0.717, 1.165) is 16.9 Å². The molecule has 1 atom stereocenters. The van der Waals surface area contributed by atoms with E-state index in [1.54, 1.807) is 35.6 Å². The molecular formula is C31H29N7O6. The number of nitrogens with one attached hydrogen (secondary N) is 1. The molecule has 13 heteroatoms. The van der Waals surface area contributed by atoms with Gasteiger partial charge in [0, 0.05) is 51.2 Å².